The van der Waals surface area contributed by atoms with Gasteiger partial charge in [0.1, 0.15) is 6.61 Å². The van der Waals surface area contributed by atoms with E-state index >= 15 is 0 Å². The van der Waals surface area contributed by atoms with Crippen LogP contribution in [0.1, 0.15) is 13.8 Å². The van der Waals surface area contributed by atoms with E-state index in [-0.39, 0.29) is 24.5 Å². The van der Waals surface area contributed by atoms with Gasteiger partial charge in [-0.25, -0.2) is 4.79 Å². The van der Waals surface area contributed by atoms with Crippen molar-refractivity contribution in [1.82, 2.24) is 0 Å². The molecule has 0 radical (unpaired) electrons. The van der Waals surface area contributed by atoms with Crippen LogP contribution in [-0.2, 0) is 14.3 Å². The fourth-order valence-corrected chi connectivity index (χ4v) is 1.89. The summed E-state index contributed by atoms with van der Waals surface area (Å²) >= 11 is 0. The number of carbonyl (C=O) groups is 2. The fraction of sp³-hybridized carbons (Fsp3) is 0.636. The van der Waals surface area contributed by atoms with Gasteiger partial charge in [0.2, 0.25) is 0 Å². The number of aliphatic carboxylic acids is 1. The van der Waals surface area contributed by atoms with Gasteiger partial charge in [-0.15, -0.1) is 0 Å². The second kappa shape index (κ2) is 4.65. The topological polar surface area (TPSA) is 83.8 Å². The van der Waals surface area contributed by atoms with Gasteiger partial charge >= 0.3 is 11.9 Å². The molecule has 0 amide bonds. The molecule has 1 aliphatic carbocycles. The molecule has 2 atom stereocenters. The molecule has 5 heteroatoms. The number of carboxylic acid groups (broad SMARTS) is 1. The van der Waals surface area contributed by atoms with Gasteiger partial charge in [-0.3, -0.25) is 4.79 Å². The number of hydrogen-bond donors (Lipinski definition) is 2. The van der Waals surface area contributed by atoms with Crippen LogP contribution in [0.15, 0.2) is 12.2 Å². The average Bonchev–Trinajstić information content (AvgIpc) is 2.74. The third kappa shape index (κ3) is 2.61. The summed E-state index contributed by atoms with van der Waals surface area (Å²) in [6.45, 7) is 3.44. The van der Waals surface area contributed by atoms with Gasteiger partial charge in [-0.2, -0.15) is 0 Å². The van der Waals surface area contributed by atoms with Gasteiger partial charge in [0.25, 0.3) is 0 Å². The zero-order valence-corrected chi connectivity index (χ0v) is 9.34. The lowest BCUT2D eigenvalue weighted by Gasteiger charge is -1.98. The molecule has 0 aliphatic heterocycles. The third-order valence-corrected chi connectivity index (χ3v) is 2.95. The SMILES string of the molecule is CC1(C)C(C=CC(=O)OCCO)C1C(=O)O. The number of rotatable bonds is 5. The Morgan fingerprint density at radius 1 is 1.44 bits per heavy atom. The smallest absolute Gasteiger partial charge is 0.330 e. The lowest BCUT2D eigenvalue weighted by atomic mass is 10.1. The Hall–Kier alpha value is -1.36. The Bertz CT molecular complexity index is 318. The third-order valence-electron chi connectivity index (χ3n) is 2.95. The van der Waals surface area contributed by atoms with E-state index < -0.39 is 17.9 Å². The summed E-state index contributed by atoms with van der Waals surface area (Å²) in [5.41, 5.74) is -0.306. The first-order chi connectivity index (χ1) is 7.41. The highest BCUT2D eigenvalue weighted by Crippen LogP contribution is 2.58. The van der Waals surface area contributed by atoms with Gasteiger partial charge in [0, 0.05) is 6.08 Å². The summed E-state index contributed by atoms with van der Waals surface area (Å²) < 4.78 is 4.61. The van der Waals surface area contributed by atoms with Crippen molar-refractivity contribution in [3.05, 3.63) is 12.2 Å². The van der Waals surface area contributed by atoms with Gasteiger partial charge in [0.15, 0.2) is 0 Å². The lowest BCUT2D eigenvalue weighted by Crippen LogP contribution is -2.05. The van der Waals surface area contributed by atoms with Crippen LogP contribution in [0.5, 0.6) is 0 Å². The first kappa shape index (κ1) is 12.7. The quantitative estimate of drug-likeness (QED) is 0.526. The molecule has 2 N–H and O–H groups in total. The summed E-state index contributed by atoms with van der Waals surface area (Å²) in [6, 6.07) is 0. The van der Waals surface area contributed by atoms with Crippen LogP contribution in [-0.4, -0.2) is 35.4 Å². The molecule has 1 rings (SSSR count). The van der Waals surface area contributed by atoms with Crippen LogP contribution < -0.4 is 0 Å². The predicted molar refractivity (Wildman–Crippen MR) is 55.6 cm³/mol. The monoisotopic (exact) mass is 228 g/mol. The molecule has 2 unspecified atom stereocenters. The summed E-state index contributed by atoms with van der Waals surface area (Å²) in [6.07, 6.45) is 2.80. The van der Waals surface area contributed by atoms with E-state index in [4.69, 9.17) is 10.2 Å². The van der Waals surface area contributed by atoms with Crippen molar-refractivity contribution in [3.8, 4) is 0 Å². The molecule has 1 saturated carbocycles. The zero-order valence-electron chi connectivity index (χ0n) is 9.34. The van der Waals surface area contributed by atoms with E-state index in [0.717, 1.165) is 0 Å². The van der Waals surface area contributed by atoms with Crippen LogP contribution in [0.25, 0.3) is 0 Å². The first-order valence-corrected chi connectivity index (χ1v) is 5.10. The minimum absolute atomic E-state index is 0.0421. The highest BCUT2D eigenvalue weighted by atomic mass is 16.5. The highest BCUT2D eigenvalue weighted by Gasteiger charge is 2.60. The molecule has 0 spiro atoms. The molecular weight excluding hydrogens is 212 g/mol. The van der Waals surface area contributed by atoms with Crippen molar-refractivity contribution in [2.24, 2.45) is 17.3 Å². The van der Waals surface area contributed by atoms with Gasteiger partial charge in [-0.05, 0) is 11.3 Å². The average molecular weight is 228 g/mol. The summed E-state index contributed by atoms with van der Waals surface area (Å²) in [7, 11) is 0. The van der Waals surface area contributed by atoms with Crippen molar-refractivity contribution in [2.75, 3.05) is 13.2 Å². The molecule has 0 saturated heterocycles. The Morgan fingerprint density at radius 2 is 2.06 bits per heavy atom. The number of carbonyl (C=O) groups excluding carboxylic acids is 1. The number of carboxylic acids is 1. The van der Waals surface area contributed by atoms with Gasteiger partial charge in [-0.1, -0.05) is 19.9 Å². The largest absolute Gasteiger partial charge is 0.481 e. The normalized spacial score (nSPS) is 26.7. The van der Waals surface area contributed by atoms with Crippen LogP contribution in [0.2, 0.25) is 0 Å². The van der Waals surface area contributed by atoms with Crippen molar-refractivity contribution in [3.63, 3.8) is 0 Å². The number of hydrogen-bond acceptors (Lipinski definition) is 4. The van der Waals surface area contributed by atoms with Crippen molar-refractivity contribution in [2.45, 2.75) is 13.8 Å². The van der Waals surface area contributed by atoms with Gasteiger partial charge < -0.3 is 14.9 Å². The first-order valence-electron chi connectivity index (χ1n) is 5.10. The van der Waals surface area contributed by atoms with E-state index in [1.54, 1.807) is 6.08 Å². The molecule has 0 aromatic rings. The predicted octanol–water partition coefficient (Wildman–Crippen LogP) is 0.435. The molecule has 0 aromatic carbocycles. The molecule has 1 fully saturated rings. The fourth-order valence-electron chi connectivity index (χ4n) is 1.89. The Labute approximate surface area is 93.7 Å². The Balaban J connectivity index is 2.47. The maximum Gasteiger partial charge on any atom is 0.330 e. The van der Waals surface area contributed by atoms with Crippen LogP contribution in [0.3, 0.4) is 0 Å². The van der Waals surface area contributed by atoms with E-state index in [9.17, 15) is 9.59 Å². The van der Waals surface area contributed by atoms with Crippen LogP contribution >= 0.6 is 0 Å². The standard InChI is InChI=1S/C11H16O5/c1-11(2)7(9(11)10(14)15)3-4-8(13)16-6-5-12/h3-4,7,9,12H,5-6H2,1-2H3,(H,14,15). The van der Waals surface area contributed by atoms with Crippen molar-refractivity contribution in [1.29, 1.82) is 0 Å². The number of esters is 1. The maximum atomic E-state index is 11.1. The van der Waals surface area contributed by atoms with Crippen molar-refractivity contribution < 1.29 is 24.5 Å². The number of ether oxygens (including phenoxy) is 1. The Morgan fingerprint density at radius 3 is 2.50 bits per heavy atom. The molecule has 0 bridgehead atoms. The maximum absolute atomic E-state index is 11.1. The van der Waals surface area contributed by atoms with E-state index in [2.05, 4.69) is 4.74 Å². The molecule has 1 aliphatic rings. The van der Waals surface area contributed by atoms with E-state index in [0.29, 0.717) is 0 Å². The number of aliphatic hydroxyl groups excluding tert-OH is 1. The summed E-state index contributed by atoms with van der Waals surface area (Å²) in [5.74, 6) is -1.97. The second-order valence-electron chi connectivity index (χ2n) is 4.41. The number of allylic oxidation sites excluding steroid dienone is 1. The van der Waals surface area contributed by atoms with Crippen molar-refractivity contribution >= 4 is 11.9 Å². The second-order valence-corrected chi connectivity index (χ2v) is 4.41. The highest BCUT2D eigenvalue weighted by molar-refractivity contribution is 5.83. The molecule has 16 heavy (non-hydrogen) atoms. The number of aliphatic hydroxyl groups is 1. The Kier molecular flexibility index (Phi) is 3.70. The van der Waals surface area contributed by atoms with Crippen LogP contribution in [0, 0.1) is 17.3 Å². The van der Waals surface area contributed by atoms with E-state index in [1.165, 1.54) is 6.08 Å². The molecule has 90 valence electrons. The lowest BCUT2D eigenvalue weighted by molar-refractivity contribution is -0.140. The van der Waals surface area contributed by atoms with Crippen LogP contribution in [0.4, 0.5) is 0 Å². The summed E-state index contributed by atoms with van der Waals surface area (Å²) in [4.78, 5) is 21.9. The molecule has 0 heterocycles. The zero-order chi connectivity index (χ0) is 12.3. The molecular formula is C11H16O5. The van der Waals surface area contributed by atoms with E-state index in [1.807, 2.05) is 13.8 Å². The minimum Gasteiger partial charge on any atom is -0.481 e. The molecule has 5 nitrogen and oxygen atoms in total. The molecule has 0 aromatic heterocycles. The summed E-state index contributed by atoms with van der Waals surface area (Å²) in [5, 5.41) is 17.3. The minimum atomic E-state index is -0.844. The van der Waals surface area contributed by atoms with Gasteiger partial charge in [0.05, 0.1) is 12.5 Å².